The number of hydrogen-bond acceptors (Lipinski definition) is 4. The molecule has 1 atom stereocenters. The van der Waals surface area contributed by atoms with Crippen molar-refractivity contribution < 1.29 is 9.59 Å². The summed E-state index contributed by atoms with van der Waals surface area (Å²) in [5.41, 5.74) is 2.59. The number of aryl methyl sites for hydroxylation is 2. The van der Waals surface area contributed by atoms with Gasteiger partial charge in [0.05, 0.1) is 0 Å². The number of benzene rings is 1. The van der Waals surface area contributed by atoms with E-state index in [9.17, 15) is 9.59 Å². The van der Waals surface area contributed by atoms with Gasteiger partial charge in [0.1, 0.15) is 11.5 Å². The number of hydrogen-bond donors (Lipinski definition) is 1. The van der Waals surface area contributed by atoms with Crippen molar-refractivity contribution in [2.45, 2.75) is 39.2 Å². The third-order valence-electron chi connectivity index (χ3n) is 5.10. The maximum atomic E-state index is 12.8. The van der Waals surface area contributed by atoms with Gasteiger partial charge in [-0.15, -0.1) is 0 Å². The van der Waals surface area contributed by atoms with E-state index in [0.29, 0.717) is 24.1 Å². The molecule has 0 saturated carbocycles. The van der Waals surface area contributed by atoms with E-state index < -0.39 is 0 Å². The number of Topliss-reactive ketones (excluding diaryl/α,β-unsaturated/α-hetero) is 1. The van der Waals surface area contributed by atoms with Crippen LogP contribution >= 0.6 is 0 Å². The van der Waals surface area contributed by atoms with Crippen molar-refractivity contribution in [1.29, 1.82) is 0 Å². The molecule has 2 heterocycles. The van der Waals surface area contributed by atoms with Gasteiger partial charge in [0, 0.05) is 49.6 Å². The van der Waals surface area contributed by atoms with E-state index in [1.54, 1.807) is 19.3 Å². The average molecular weight is 390 g/mol. The van der Waals surface area contributed by atoms with Gasteiger partial charge in [-0.2, -0.15) is 0 Å². The number of carbonyl (C=O) groups excluding carboxylic acids is 2. The van der Waals surface area contributed by atoms with Gasteiger partial charge in [0.15, 0.2) is 5.78 Å². The first-order valence-corrected chi connectivity index (χ1v) is 9.79. The largest absolute Gasteiger partial charge is 0.354 e. The molecule has 2 aromatic heterocycles. The average Bonchev–Trinajstić information content (AvgIpc) is 3.17. The van der Waals surface area contributed by atoms with Gasteiger partial charge in [-0.05, 0) is 31.0 Å². The molecule has 0 spiro atoms. The van der Waals surface area contributed by atoms with Gasteiger partial charge in [0.25, 0.3) is 5.91 Å². The molecule has 29 heavy (non-hydrogen) atoms. The van der Waals surface area contributed by atoms with Crippen molar-refractivity contribution >= 4 is 11.7 Å². The Morgan fingerprint density at radius 1 is 1.17 bits per heavy atom. The number of amides is 1. The van der Waals surface area contributed by atoms with Crippen molar-refractivity contribution in [3.8, 4) is 0 Å². The number of imidazole rings is 1. The number of rotatable bonds is 8. The fraction of sp³-hybridized carbons (Fsp3) is 0.304. The Hall–Kier alpha value is -3.28. The van der Waals surface area contributed by atoms with Crippen LogP contribution < -0.4 is 5.32 Å². The Bertz CT molecular complexity index is 995. The van der Waals surface area contributed by atoms with Gasteiger partial charge in [-0.1, -0.05) is 37.3 Å². The Balaban J connectivity index is 1.82. The zero-order valence-electron chi connectivity index (χ0n) is 17.1. The van der Waals surface area contributed by atoms with Crippen LogP contribution in [0, 0.1) is 6.92 Å². The van der Waals surface area contributed by atoms with Gasteiger partial charge in [0.2, 0.25) is 0 Å². The van der Waals surface area contributed by atoms with E-state index in [-0.39, 0.29) is 23.3 Å². The molecule has 1 aromatic carbocycles. The van der Waals surface area contributed by atoms with Crippen LogP contribution in [-0.4, -0.2) is 33.3 Å². The molecule has 6 heteroatoms. The number of nitrogens with one attached hydrogen (secondary N) is 1. The van der Waals surface area contributed by atoms with Gasteiger partial charge in [-0.25, -0.2) is 9.97 Å². The SMILES string of the molecule is CNC(=O)c1cc(C(=O)CCCn2ccnc2C)cc([C@@H](C)c2ccccc2)n1. The lowest BCUT2D eigenvalue weighted by Crippen LogP contribution is -2.21. The molecule has 0 bridgehead atoms. The maximum Gasteiger partial charge on any atom is 0.269 e. The molecule has 1 amide bonds. The summed E-state index contributed by atoms with van der Waals surface area (Å²) in [4.78, 5) is 33.8. The second-order valence-corrected chi connectivity index (χ2v) is 7.07. The van der Waals surface area contributed by atoms with Crippen LogP contribution in [0.4, 0.5) is 0 Å². The quantitative estimate of drug-likeness (QED) is 0.594. The Labute approximate surface area is 171 Å². The van der Waals surface area contributed by atoms with E-state index in [1.807, 2.05) is 61.0 Å². The highest BCUT2D eigenvalue weighted by Crippen LogP contribution is 2.24. The Morgan fingerprint density at radius 3 is 2.59 bits per heavy atom. The zero-order valence-corrected chi connectivity index (χ0v) is 17.1. The van der Waals surface area contributed by atoms with Gasteiger partial charge < -0.3 is 9.88 Å². The standard InChI is InChI=1S/C23H26N4O2/c1-16(18-8-5-4-6-9-18)20-14-19(15-21(26-20)23(29)24-3)22(28)10-7-12-27-13-11-25-17(27)2/h4-6,8-9,11,13-16H,7,10,12H2,1-3H3,(H,24,29)/t16-/m0/s1. The highest BCUT2D eigenvalue weighted by Gasteiger charge is 2.18. The predicted octanol–water partition coefficient (Wildman–Crippen LogP) is 3.76. The summed E-state index contributed by atoms with van der Waals surface area (Å²) in [6.07, 6.45) is 4.77. The molecular formula is C23H26N4O2. The molecule has 1 N–H and O–H groups in total. The molecule has 0 unspecified atom stereocenters. The summed E-state index contributed by atoms with van der Waals surface area (Å²) in [5.74, 6) is 0.621. The summed E-state index contributed by atoms with van der Waals surface area (Å²) in [6, 6.07) is 13.3. The summed E-state index contributed by atoms with van der Waals surface area (Å²) in [6.45, 7) is 4.71. The molecule has 3 rings (SSSR count). The highest BCUT2D eigenvalue weighted by atomic mass is 16.1. The fourth-order valence-corrected chi connectivity index (χ4v) is 3.29. The van der Waals surface area contributed by atoms with Crippen molar-refractivity contribution in [1.82, 2.24) is 19.9 Å². The first kappa shape index (κ1) is 20.5. The maximum absolute atomic E-state index is 12.8. The van der Waals surface area contributed by atoms with Crippen LogP contribution in [0.5, 0.6) is 0 Å². The molecular weight excluding hydrogens is 364 g/mol. The normalized spacial score (nSPS) is 11.8. The van der Waals surface area contributed by atoms with E-state index in [4.69, 9.17) is 0 Å². The van der Waals surface area contributed by atoms with Crippen LogP contribution in [0.25, 0.3) is 0 Å². The molecule has 3 aromatic rings. The number of pyridine rings is 1. The van der Waals surface area contributed by atoms with Crippen molar-refractivity contribution in [3.63, 3.8) is 0 Å². The second-order valence-electron chi connectivity index (χ2n) is 7.07. The third kappa shape index (κ3) is 4.96. The van der Waals surface area contributed by atoms with Crippen LogP contribution in [0.15, 0.2) is 54.9 Å². The lowest BCUT2D eigenvalue weighted by Gasteiger charge is -2.14. The van der Waals surface area contributed by atoms with Crippen LogP contribution in [0.2, 0.25) is 0 Å². The second kappa shape index (κ2) is 9.28. The molecule has 0 aliphatic rings. The molecule has 0 saturated heterocycles. The van der Waals surface area contributed by atoms with Crippen molar-refractivity contribution in [2.24, 2.45) is 0 Å². The first-order valence-electron chi connectivity index (χ1n) is 9.79. The number of carbonyl (C=O) groups is 2. The fourth-order valence-electron chi connectivity index (χ4n) is 3.29. The topological polar surface area (TPSA) is 76.9 Å². The van der Waals surface area contributed by atoms with E-state index in [2.05, 4.69) is 15.3 Å². The predicted molar refractivity (Wildman–Crippen MR) is 112 cm³/mol. The first-order chi connectivity index (χ1) is 14.0. The minimum Gasteiger partial charge on any atom is -0.354 e. The molecule has 0 aliphatic heterocycles. The van der Waals surface area contributed by atoms with Crippen LogP contribution in [0.3, 0.4) is 0 Å². The van der Waals surface area contributed by atoms with Crippen molar-refractivity contribution in [3.05, 3.63) is 83.2 Å². The summed E-state index contributed by atoms with van der Waals surface area (Å²) in [7, 11) is 1.56. The van der Waals surface area contributed by atoms with Crippen molar-refractivity contribution in [2.75, 3.05) is 7.05 Å². The Kier molecular flexibility index (Phi) is 6.54. The molecule has 6 nitrogen and oxygen atoms in total. The summed E-state index contributed by atoms with van der Waals surface area (Å²) in [5, 5.41) is 2.60. The number of nitrogens with zero attached hydrogens (tertiary/aromatic N) is 3. The smallest absolute Gasteiger partial charge is 0.269 e. The minimum absolute atomic E-state index is 0.0110. The van der Waals surface area contributed by atoms with E-state index in [0.717, 1.165) is 17.9 Å². The van der Waals surface area contributed by atoms with Crippen LogP contribution in [-0.2, 0) is 6.54 Å². The molecule has 0 radical (unpaired) electrons. The lowest BCUT2D eigenvalue weighted by atomic mass is 9.94. The molecule has 0 aliphatic carbocycles. The van der Waals surface area contributed by atoms with E-state index >= 15 is 0 Å². The summed E-state index contributed by atoms with van der Waals surface area (Å²) >= 11 is 0. The summed E-state index contributed by atoms with van der Waals surface area (Å²) < 4.78 is 2.03. The van der Waals surface area contributed by atoms with E-state index in [1.165, 1.54) is 0 Å². The van der Waals surface area contributed by atoms with Gasteiger partial charge >= 0.3 is 0 Å². The lowest BCUT2D eigenvalue weighted by molar-refractivity contribution is 0.0958. The molecule has 0 fully saturated rings. The number of aromatic nitrogens is 3. The van der Waals surface area contributed by atoms with Crippen LogP contribution in [0.1, 0.15) is 63.6 Å². The highest BCUT2D eigenvalue weighted by molar-refractivity contribution is 5.99. The van der Waals surface area contributed by atoms with Gasteiger partial charge in [-0.3, -0.25) is 9.59 Å². The monoisotopic (exact) mass is 390 g/mol. The molecule has 150 valence electrons. The number of ketones is 1. The minimum atomic E-state index is -0.296. The zero-order chi connectivity index (χ0) is 20.8. The Morgan fingerprint density at radius 2 is 1.93 bits per heavy atom. The third-order valence-corrected chi connectivity index (χ3v) is 5.10.